The maximum atomic E-state index is 12.3. The number of benzene rings is 2. The maximum Gasteiger partial charge on any atom is 0.331 e. The number of aromatic nitrogens is 1. The van der Waals surface area contributed by atoms with Gasteiger partial charge in [0, 0.05) is 17.3 Å². The first-order chi connectivity index (χ1) is 13.5. The van der Waals surface area contributed by atoms with Gasteiger partial charge >= 0.3 is 5.97 Å². The van der Waals surface area contributed by atoms with Crippen molar-refractivity contribution in [1.29, 1.82) is 0 Å². The summed E-state index contributed by atoms with van der Waals surface area (Å²) in [5.41, 5.74) is 2.77. The Balaban J connectivity index is 1.37. The molecule has 1 amide bonds. The third-order valence-corrected chi connectivity index (χ3v) is 5.51. The molecule has 28 heavy (non-hydrogen) atoms. The zero-order valence-corrected chi connectivity index (χ0v) is 15.8. The van der Waals surface area contributed by atoms with Crippen LogP contribution in [0.25, 0.3) is 16.3 Å². The number of carbonyl (C=O) groups is 3. The second-order valence-electron chi connectivity index (χ2n) is 6.40. The molecule has 140 valence electrons. The number of Topliss-reactive ketones (excluding diaryl/α,β-unsaturated/α-hetero) is 1. The van der Waals surface area contributed by atoms with Crippen molar-refractivity contribution in [3.8, 4) is 0 Å². The summed E-state index contributed by atoms with van der Waals surface area (Å²) in [5.74, 6) is -1.33. The number of esters is 1. The molecule has 0 saturated carbocycles. The molecule has 0 spiro atoms. The molecule has 0 fully saturated rings. The Morgan fingerprint density at radius 1 is 1.25 bits per heavy atom. The molecule has 1 aliphatic rings. The number of ketones is 1. The first-order valence-electron chi connectivity index (χ1n) is 8.69. The third-order valence-electron chi connectivity index (χ3n) is 4.51. The number of hydrogen-bond donors (Lipinski definition) is 1. The molecule has 1 atom stereocenters. The van der Waals surface area contributed by atoms with Crippen molar-refractivity contribution in [2.45, 2.75) is 12.8 Å². The van der Waals surface area contributed by atoms with Crippen LogP contribution in [0.15, 0.2) is 48.5 Å². The number of hydrogen-bond acceptors (Lipinski definition) is 6. The van der Waals surface area contributed by atoms with E-state index in [0.717, 1.165) is 15.8 Å². The molecule has 0 radical (unpaired) electrons. The molecule has 1 N–H and O–H groups in total. The van der Waals surface area contributed by atoms with Gasteiger partial charge in [-0.15, -0.1) is 11.3 Å². The smallest absolute Gasteiger partial charge is 0.331 e. The molecule has 1 aliphatic heterocycles. The molecule has 7 heteroatoms. The van der Waals surface area contributed by atoms with E-state index in [2.05, 4.69) is 10.3 Å². The first-order valence-corrected chi connectivity index (χ1v) is 9.51. The lowest BCUT2D eigenvalue weighted by Crippen LogP contribution is -2.13. The second kappa shape index (κ2) is 7.36. The van der Waals surface area contributed by atoms with E-state index in [0.29, 0.717) is 16.3 Å². The quantitative estimate of drug-likeness (QED) is 0.406. The van der Waals surface area contributed by atoms with Crippen LogP contribution in [0.5, 0.6) is 0 Å². The van der Waals surface area contributed by atoms with Crippen LogP contribution in [0.2, 0.25) is 0 Å². The summed E-state index contributed by atoms with van der Waals surface area (Å²) in [6.45, 7) is 1.42. The minimum absolute atomic E-state index is 0.0917. The Labute approximate surface area is 164 Å². The third kappa shape index (κ3) is 3.57. The number of nitrogens with one attached hydrogen (secondary N) is 1. The summed E-state index contributed by atoms with van der Waals surface area (Å²) in [5, 5.41) is 3.44. The van der Waals surface area contributed by atoms with Crippen LogP contribution in [-0.2, 0) is 14.3 Å². The van der Waals surface area contributed by atoms with Gasteiger partial charge in [0.05, 0.1) is 16.1 Å². The average Bonchev–Trinajstić information content (AvgIpc) is 3.24. The Bertz CT molecular complexity index is 1100. The highest BCUT2D eigenvalue weighted by Gasteiger charge is 2.27. The molecule has 4 rings (SSSR count). The highest BCUT2D eigenvalue weighted by Crippen LogP contribution is 2.32. The molecule has 6 nitrogen and oxygen atoms in total. The fourth-order valence-corrected chi connectivity index (χ4v) is 3.83. The molecule has 2 heterocycles. The maximum absolute atomic E-state index is 12.3. The molecule has 0 unspecified atom stereocenters. The number of para-hydroxylation sites is 1. The number of fused-ring (bicyclic) bond motifs is 2. The van der Waals surface area contributed by atoms with E-state index in [1.165, 1.54) is 17.4 Å². The fraction of sp³-hybridized carbons (Fsp3) is 0.143. The highest BCUT2D eigenvalue weighted by molar-refractivity contribution is 7.19. The van der Waals surface area contributed by atoms with Gasteiger partial charge in [0.1, 0.15) is 5.01 Å². The molecule has 0 aliphatic carbocycles. The van der Waals surface area contributed by atoms with Gasteiger partial charge in [-0.2, -0.15) is 0 Å². The van der Waals surface area contributed by atoms with Crippen LogP contribution >= 0.6 is 11.3 Å². The van der Waals surface area contributed by atoms with E-state index in [1.807, 2.05) is 24.3 Å². The zero-order valence-electron chi connectivity index (χ0n) is 15.0. The summed E-state index contributed by atoms with van der Waals surface area (Å²) < 4.78 is 6.07. The Kier molecular flexibility index (Phi) is 4.75. The van der Waals surface area contributed by atoms with Crippen molar-refractivity contribution in [3.63, 3.8) is 0 Å². The van der Waals surface area contributed by atoms with Crippen molar-refractivity contribution < 1.29 is 19.1 Å². The van der Waals surface area contributed by atoms with Gasteiger partial charge in [-0.05, 0) is 48.9 Å². The van der Waals surface area contributed by atoms with Crippen LogP contribution in [-0.4, -0.2) is 29.3 Å². The van der Waals surface area contributed by atoms with E-state index in [1.54, 1.807) is 31.2 Å². The van der Waals surface area contributed by atoms with Crippen LogP contribution in [0.3, 0.4) is 0 Å². The van der Waals surface area contributed by atoms with E-state index < -0.39 is 5.97 Å². The SMILES string of the molecule is C[C@@H]1C(=O)Nc2ccc(C(=O)COC(=O)/C=C/c3nc4ccccc4s3)cc21. The van der Waals surface area contributed by atoms with Crippen molar-refractivity contribution in [3.05, 3.63) is 64.7 Å². The van der Waals surface area contributed by atoms with Crippen LogP contribution in [0.1, 0.15) is 33.8 Å². The van der Waals surface area contributed by atoms with E-state index in [4.69, 9.17) is 4.74 Å². The lowest BCUT2D eigenvalue weighted by Gasteiger charge is -2.05. The van der Waals surface area contributed by atoms with Crippen LogP contribution < -0.4 is 5.32 Å². The summed E-state index contributed by atoms with van der Waals surface area (Å²) in [6, 6.07) is 12.7. The van der Waals surface area contributed by atoms with Crippen LogP contribution in [0.4, 0.5) is 5.69 Å². The van der Waals surface area contributed by atoms with Gasteiger partial charge in [-0.1, -0.05) is 12.1 Å². The van der Waals surface area contributed by atoms with Crippen LogP contribution in [0, 0.1) is 0 Å². The number of anilines is 1. The number of amides is 1. The van der Waals surface area contributed by atoms with Gasteiger partial charge in [0.2, 0.25) is 5.91 Å². The lowest BCUT2D eigenvalue weighted by atomic mass is 9.99. The second-order valence-corrected chi connectivity index (χ2v) is 7.46. The number of ether oxygens (including phenoxy) is 1. The zero-order chi connectivity index (χ0) is 19.7. The fourth-order valence-electron chi connectivity index (χ4n) is 2.96. The molecule has 0 bridgehead atoms. The molecule has 3 aromatic rings. The molecular formula is C21H16N2O4S. The Morgan fingerprint density at radius 2 is 2.07 bits per heavy atom. The largest absolute Gasteiger partial charge is 0.454 e. The average molecular weight is 392 g/mol. The van der Waals surface area contributed by atoms with Crippen molar-refractivity contribution in [2.75, 3.05) is 11.9 Å². The highest BCUT2D eigenvalue weighted by atomic mass is 32.1. The summed E-state index contributed by atoms with van der Waals surface area (Å²) >= 11 is 1.47. The van der Waals surface area contributed by atoms with Crippen molar-refractivity contribution in [1.82, 2.24) is 4.98 Å². The van der Waals surface area contributed by atoms with Gasteiger partial charge in [-0.3, -0.25) is 9.59 Å². The summed E-state index contributed by atoms with van der Waals surface area (Å²) in [6.07, 6.45) is 2.84. The minimum atomic E-state index is -0.612. The van der Waals surface area contributed by atoms with Gasteiger partial charge in [0.15, 0.2) is 12.4 Å². The Hall–Kier alpha value is -3.32. The Morgan fingerprint density at radius 3 is 2.89 bits per heavy atom. The van der Waals surface area contributed by atoms with Crippen molar-refractivity contribution in [2.24, 2.45) is 0 Å². The number of carbonyl (C=O) groups excluding carboxylic acids is 3. The number of thiazole rings is 1. The summed E-state index contributed by atoms with van der Waals surface area (Å²) in [4.78, 5) is 40.3. The molecule has 1 aromatic heterocycles. The van der Waals surface area contributed by atoms with E-state index >= 15 is 0 Å². The van der Waals surface area contributed by atoms with E-state index in [9.17, 15) is 14.4 Å². The van der Waals surface area contributed by atoms with Gasteiger partial charge in [-0.25, -0.2) is 9.78 Å². The predicted octanol–water partition coefficient (Wildman–Crippen LogP) is 3.79. The standard InChI is InChI=1S/C21H16N2O4S/c1-12-14-10-13(6-7-15(14)23-21(12)26)17(24)11-27-20(25)9-8-19-22-16-4-2-3-5-18(16)28-19/h2-10,12H,11H2,1H3,(H,23,26)/b9-8+/t12-/m0/s1. The first kappa shape index (κ1) is 18.1. The number of nitrogens with zero attached hydrogens (tertiary/aromatic N) is 1. The lowest BCUT2D eigenvalue weighted by molar-refractivity contribution is -0.136. The topological polar surface area (TPSA) is 85.4 Å². The van der Waals surface area contributed by atoms with E-state index in [-0.39, 0.29) is 24.2 Å². The minimum Gasteiger partial charge on any atom is -0.454 e. The summed E-state index contributed by atoms with van der Waals surface area (Å²) in [7, 11) is 0. The molecular weight excluding hydrogens is 376 g/mol. The normalized spacial score (nSPS) is 15.6. The van der Waals surface area contributed by atoms with Crippen molar-refractivity contribution >= 4 is 51.0 Å². The van der Waals surface area contributed by atoms with Gasteiger partial charge in [0.25, 0.3) is 0 Å². The van der Waals surface area contributed by atoms with Gasteiger partial charge < -0.3 is 10.1 Å². The molecule has 0 saturated heterocycles. The number of rotatable bonds is 5. The monoisotopic (exact) mass is 392 g/mol. The molecule has 2 aromatic carbocycles. The predicted molar refractivity (Wildman–Crippen MR) is 107 cm³/mol.